The quantitative estimate of drug-likeness (QED) is 0.855. The van der Waals surface area contributed by atoms with Crippen LogP contribution in [0.2, 0.25) is 0 Å². The highest BCUT2D eigenvalue weighted by Gasteiger charge is 2.26. The van der Waals surface area contributed by atoms with E-state index in [9.17, 15) is 4.79 Å². The van der Waals surface area contributed by atoms with Crippen molar-refractivity contribution in [2.75, 3.05) is 13.2 Å². The predicted molar refractivity (Wildman–Crippen MR) is 75.3 cm³/mol. The van der Waals surface area contributed by atoms with E-state index in [0.717, 1.165) is 32.4 Å². The Morgan fingerprint density at radius 3 is 2.95 bits per heavy atom. The molecule has 0 aliphatic carbocycles. The molecule has 1 aromatic carbocycles. The Hall–Kier alpha value is -1.39. The van der Waals surface area contributed by atoms with Crippen molar-refractivity contribution in [2.45, 2.75) is 44.4 Å². The van der Waals surface area contributed by atoms with Gasteiger partial charge in [-0.1, -0.05) is 24.3 Å². The maximum atomic E-state index is 12.1. The van der Waals surface area contributed by atoms with E-state index in [2.05, 4.69) is 17.4 Å². The summed E-state index contributed by atoms with van der Waals surface area (Å²) in [4.78, 5) is 12.1. The predicted octanol–water partition coefficient (Wildman–Crippen LogP) is 1.81. The van der Waals surface area contributed by atoms with Crippen LogP contribution in [-0.2, 0) is 27.2 Å². The van der Waals surface area contributed by atoms with Crippen molar-refractivity contribution in [3.8, 4) is 0 Å². The van der Waals surface area contributed by atoms with E-state index in [-0.39, 0.29) is 18.1 Å². The summed E-state index contributed by atoms with van der Waals surface area (Å²) in [5.41, 5.74) is 2.51. The summed E-state index contributed by atoms with van der Waals surface area (Å²) < 4.78 is 11.0. The third kappa shape index (κ3) is 3.19. The Bertz CT molecular complexity index is 469. The number of benzene rings is 1. The standard InChI is InChI=1S/C16H21NO3/c18-16(20-11-14-7-3-4-8-19-14)15-9-12-5-1-2-6-13(12)10-17-15/h1-2,5-6,14-15,17H,3-4,7-11H2. The van der Waals surface area contributed by atoms with Crippen LogP contribution in [-0.4, -0.2) is 31.3 Å². The zero-order valence-corrected chi connectivity index (χ0v) is 11.6. The zero-order valence-electron chi connectivity index (χ0n) is 11.6. The molecule has 2 atom stereocenters. The summed E-state index contributed by atoms with van der Waals surface area (Å²) in [5.74, 6) is -0.159. The molecule has 2 aliphatic rings. The zero-order chi connectivity index (χ0) is 13.8. The maximum absolute atomic E-state index is 12.1. The van der Waals surface area contributed by atoms with Crippen molar-refractivity contribution < 1.29 is 14.3 Å². The van der Waals surface area contributed by atoms with Crippen LogP contribution in [0.4, 0.5) is 0 Å². The molecule has 108 valence electrons. The topological polar surface area (TPSA) is 47.6 Å². The lowest BCUT2D eigenvalue weighted by atomic mass is 9.96. The summed E-state index contributed by atoms with van der Waals surface area (Å²) in [7, 11) is 0. The Labute approximate surface area is 119 Å². The van der Waals surface area contributed by atoms with E-state index in [4.69, 9.17) is 9.47 Å². The molecule has 1 N–H and O–H groups in total. The van der Waals surface area contributed by atoms with E-state index >= 15 is 0 Å². The molecule has 2 aliphatic heterocycles. The number of fused-ring (bicyclic) bond motifs is 1. The van der Waals surface area contributed by atoms with Gasteiger partial charge in [0.05, 0.1) is 6.10 Å². The molecule has 4 nitrogen and oxygen atoms in total. The molecule has 0 radical (unpaired) electrons. The van der Waals surface area contributed by atoms with Gasteiger partial charge in [-0.05, 0) is 36.8 Å². The highest BCUT2D eigenvalue weighted by molar-refractivity contribution is 5.76. The van der Waals surface area contributed by atoms with Crippen molar-refractivity contribution in [2.24, 2.45) is 0 Å². The van der Waals surface area contributed by atoms with Gasteiger partial charge in [-0.3, -0.25) is 4.79 Å². The number of nitrogens with one attached hydrogen (secondary N) is 1. The van der Waals surface area contributed by atoms with E-state index < -0.39 is 0 Å². The normalized spacial score (nSPS) is 25.8. The van der Waals surface area contributed by atoms with Crippen LogP contribution in [0.15, 0.2) is 24.3 Å². The average Bonchev–Trinajstić information content (AvgIpc) is 2.53. The SMILES string of the molecule is O=C(OCC1CCCCO1)C1Cc2ccccc2CN1. The molecule has 0 saturated carbocycles. The van der Waals surface area contributed by atoms with Crippen LogP contribution in [0.25, 0.3) is 0 Å². The lowest BCUT2D eigenvalue weighted by molar-refractivity contribution is -0.151. The molecular formula is C16H21NO3. The second kappa shape index (κ2) is 6.37. The van der Waals surface area contributed by atoms with Crippen LogP contribution in [0.5, 0.6) is 0 Å². The van der Waals surface area contributed by atoms with Crippen molar-refractivity contribution in [1.29, 1.82) is 0 Å². The average molecular weight is 275 g/mol. The molecule has 2 unspecified atom stereocenters. The number of esters is 1. The molecule has 0 aromatic heterocycles. The molecule has 1 aromatic rings. The fourth-order valence-corrected chi connectivity index (χ4v) is 2.84. The van der Waals surface area contributed by atoms with Gasteiger partial charge in [-0.15, -0.1) is 0 Å². The third-order valence-corrected chi connectivity index (χ3v) is 4.05. The first-order valence-corrected chi connectivity index (χ1v) is 7.41. The van der Waals surface area contributed by atoms with Crippen LogP contribution in [0.1, 0.15) is 30.4 Å². The summed E-state index contributed by atoms with van der Waals surface area (Å²) in [5, 5.41) is 3.25. The Balaban J connectivity index is 1.51. The maximum Gasteiger partial charge on any atom is 0.323 e. The minimum atomic E-state index is -0.228. The van der Waals surface area contributed by atoms with Crippen LogP contribution >= 0.6 is 0 Å². The van der Waals surface area contributed by atoms with Gasteiger partial charge >= 0.3 is 5.97 Å². The van der Waals surface area contributed by atoms with Gasteiger partial charge in [0.1, 0.15) is 12.6 Å². The number of rotatable bonds is 3. The Morgan fingerprint density at radius 1 is 1.30 bits per heavy atom. The molecule has 0 amide bonds. The largest absolute Gasteiger partial charge is 0.462 e. The van der Waals surface area contributed by atoms with Crippen molar-refractivity contribution in [3.63, 3.8) is 0 Å². The first kappa shape index (κ1) is 13.6. The van der Waals surface area contributed by atoms with Gasteiger partial charge in [-0.2, -0.15) is 0 Å². The van der Waals surface area contributed by atoms with Crippen molar-refractivity contribution in [3.05, 3.63) is 35.4 Å². The van der Waals surface area contributed by atoms with Gasteiger partial charge in [-0.25, -0.2) is 0 Å². The summed E-state index contributed by atoms with van der Waals surface area (Å²) in [6.07, 6.45) is 4.07. The summed E-state index contributed by atoms with van der Waals surface area (Å²) in [6.45, 7) is 1.91. The van der Waals surface area contributed by atoms with E-state index in [1.165, 1.54) is 11.1 Å². The fourth-order valence-electron chi connectivity index (χ4n) is 2.84. The molecule has 0 bridgehead atoms. The fraction of sp³-hybridized carbons (Fsp3) is 0.562. The molecule has 20 heavy (non-hydrogen) atoms. The molecule has 1 saturated heterocycles. The highest BCUT2D eigenvalue weighted by atomic mass is 16.6. The van der Waals surface area contributed by atoms with Crippen LogP contribution in [0.3, 0.4) is 0 Å². The number of carbonyl (C=O) groups is 1. The van der Waals surface area contributed by atoms with Crippen molar-refractivity contribution >= 4 is 5.97 Å². The highest BCUT2D eigenvalue weighted by Crippen LogP contribution is 2.18. The number of hydrogen-bond acceptors (Lipinski definition) is 4. The van der Waals surface area contributed by atoms with Gasteiger partial charge < -0.3 is 14.8 Å². The first-order chi connectivity index (χ1) is 9.83. The molecule has 0 spiro atoms. The van der Waals surface area contributed by atoms with Gasteiger partial charge in [0.15, 0.2) is 0 Å². The van der Waals surface area contributed by atoms with Crippen LogP contribution in [0, 0.1) is 0 Å². The van der Waals surface area contributed by atoms with E-state index in [1.54, 1.807) is 0 Å². The molecular weight excluding hydrogens is 254 g/mol. The molecule has 3 rings (SSSR count). The van der Waals surface area contributed by atoms with Crippen LogP contribution < -0.4 is 5.32 Å². The second-order valence-corrected chi connectivity index (χ2v) is 5.52. The number of ether oxygens (including phenoxy) is 2. The molecule has 4 heteroatoms. The molecule has 1 fully saturated rings. The Morgan fingerprint density at radius 2 is 2.15 bits per heavy atom. The Kier molecular flexibility index (Phi) is 4.33. The van der Waals surface area contributed by atoms with E-state index in [0.29, 0.717) is 13.0 Å². The molecule has 2 heterocycles. The number of hydrogen-bond donors (Lipinski definition) is 1. The summed E-state index contributed by atoms with van der Waals surface area (Å²) in [6, 6.07) is 8.00. The first-order valence-electron chi connectivity index (χ1n) is 7.41. The third-order valence-electron chi connectivity index (χ3n) is 4.05. The minimum Gasteiger partial charge on any atom is -0.462 e. The monoisotopic (exact) mass is 275 g/mol. The minimum absolute atomic E-state index is 0.0866. The summed E-state index contributed by atoms with van der Waals surface area (Å²) >= 11 is 0. The van der Waals surface area contributed by atoms with E-state index in [1.807, 2.05) is 12.1 Å². The van der Waals surface area contributed by atoms with Gasteiger partial charge in [0.2, 0.25) is 0 Å². The van der Waals surface area contributed by atoms with Gasteiger partial charge in [0.25, 0.3) is 0 Å². The lowest BCUT2D eigenvalue weighted by Crippen LogP contribution is -2.43. The van der Waals surface area contributed by atoms with Crippen molar-refractivity contribution in [1.82, 2.24) is 5.32 Å². The lowest BCUT2D eigenvalue weighted by Gasteiger charge is -2.26. The smallest absolute Gasteiger partial charge is 0.323 e. The van der Waals surface area contributed by atoms with Gasteiger partial charge in [0, 0.05) is 13.2 Å². The number of carbonyl (C=O) groups excluding carboxylic acids is 1. The second-order valence-electron chi connectivity index (χ2n) is 5.52.